The first-order valence-electron chi connectivity index (χ1n) is 5.68. The van der Waals surface area contributed by atoms with Gasteiger partial charge in [0, 0.05) is 12.0 Å². The Kier molecular flexibility index (Phi) is 3.49. The van der Waals surface area contributed by atoms with Gasteiger partial charge >= 0.3 is 0 Å². The first-order chi connectivity index (χ1) is 7.96. The summed E-state index contributed by atoms with van der Waals surface area (Å²) < 4.78 is 38.0. The highest BCUT2D eigenvalue weighted by atomic mass is 32.2. The average molecular weight is 257 g/mol. The van der Waals surface area contributed by atoms with Gasteiger partial charge in [0.2, 0.25) is 10.0 Å². The first-order valence-corrected chi connectivity index (χ1v) is 7.57. The minimum atomic E-state index is -3.18. The summed E-state index contributed by atoms with van der Waals surface area (Å²) in [5, 5.41) is 0. The molecule has 2 unspecified atom stereocenters. The van der Waals surface area contributed by atoms with Gasteiger partial charge in [-0.15, -0.1) is 0 Å². The van der Waals surface area contributed by atoms with Crippen LogP contribution in [0.2, 0.25) is 0 Å². The lowest BCUT2D eigenvalue weighted by molar-refractivity contribution is 0.528. The van der Waals surface area contributed by atoms with Crippen molar-refractivity contribution < 1.29 is 12.8 Å². The molecule has 1 aromatic rings. The van der Waals surface area contributed by atoms with E-state index in [1.807, 2.05) is 0 Å². The van der Waals surface area contributed by atoms with Crippen LogP contribution >= 0.6 is 0 Å². The zero-order valence-corrected chi connectivity index (χ0v) is 10.5. The Morgan fingerprint density at radius 2 is 1.88 bits per heavy atom. The van der Waals surface area contributed by atoms with Crippen LogP contribution in [0.1, 0.15) is 30.7 Å². The Morgan fingerprint density at radius 1 is 1.24 bits per heavy atom. The van der Waals surface area contributed by atoms with Crippen LogP contribution in [0, 0.1) is 5.82 Å². The second kappa shape index (κ2) is 4.74. The molecule has 3 nitrogen and oxygen atoms in total. The van der Waals surface area contributed by atoms with E-state index in [0.29, 0.717) is 0 Å². The van der Waals surface area contributed by atoms with E-state index in [9.17, 15) is 12.8 Å². The second-order valence-electron chi connectivity index (χ2n) is 4.59. The van der Waals surface area contributed by atoms with Crippen LogP contribution in [0.25, 0.3) is 0 Å². The largest absolute Gasteiger partial charge is 0.213 e. The van der Waals surface area contributed by atoms with Gasteiger partial charge in [-0.2, -0.15) is 0 Å². The van der Waals surface area contributed by atoms with E-state index < -0.39 is 10.0 Å². The van der Waals surface area contributed by atoms with Crippen molar-refractivity contribution in [3.63, 3.8) is 0 Å². The smallest absolute Gasteiger partial charge is 0.208 e. The molecule has 1 saturated carbocycles. The first kappa shape index (κ1) is 12.5. The number of hydrogen-bond donors (Lipinski definition) is 1. The number of sulfonamides is 1. The van der Waals surface area contributed by atoms with Crippen molar-refractivity contribution in [2.24, 2.45) is 0 Å². The lowest BCUT2D eigenvalue weighted by Gasteiger charge is -2.20. The number of benzene rings is 1. The third-order valence-electron chi connectivity index (χ3n) is 3.18. The normalized spacial score (nSPS) is 25.1. The standard InChI is InChI=1S/C12H16FNO2S/c1-17(15,16)14-12-4-2-3-11(12)9-5-7-10(13)8-6-9/h5-8,11-12,14H,2-4H2,1H3. The Balaban J connectivity index is 2.17. The van der Waals surface area contributed by atoms with Crippen molar-refractivity contribution >= 4 is 10.0 Å². The van der Waals surface area contributed by atoms with Gasteiger partial charge in [-0.25, -0.2) is 17.5 Å². The van der Waals surface area contributed by atoms with Crippen molar-refractivity contribution in [3.05, 3.63) is 35.6 Å². The fraction of sp³-hybridized carbons (Fsp3) is 0.500. The molecule has 0 bridgehead atoms. The summed E-state index contributed by atoms with van der Waals surface area (Å²) in [5.41, 5.74) is 1.00. The molecule has 2 rings (SSSR count). The Bertz CT molecular complexity index is 484. The van der Waals surface area contributed by atoms with Gasteiger partial charge in [-0.05, 0) is 30.5 Å². The molecule has 94 valence electrons. The van der Waals surface area contributed by atoms with Crippen LogP contribution < -0.4 is 4.72 Å². The SMILES string of the molecule is CS(=O)(=O)NC1CCCC1c1ccc(F)cc1. The fourth-order valence-electron chi connectivity index (χ4n) is 2.49. The van der Waals surface area contributed by atoms with Gasteiger partial charge < -0.3 is 0 Å². The third-order valence-corrected chi connectivity index (χ3v) is 3.91. The topological polar surface area (TPSA) is 46.2 Å². The van der Waals surface area contributed by atoms with Crippen molar-refractivity contribution in [3.8, 4) is 0 Å². The quantitative estimate of drug-likeness (QED) is 0.900. The van der Waals surface area contributed by atoms with E-state index in [4.69, 9.17) is 0 Å². The Labute approximate surface area is 101 Å². The summed E-state index contributed by atoms with van der Waals surface area (Å²) in [6, 6.07) is 6.26. The molecule has 0 radical (unpaired) electrons. The highest BCUT2D eigenvalue weighted by Crippen LogP contribution is 2.34. The molecule has 0 spiro atoms. The molecule has 0 aliphatic heterocycles. The van der Waals surface area contributed by atoms with Crippen molar-refractivity contribution in [1.82, 2.24) is 4.72 Å². The van der Waals surface area contributed by atoms with Crippen LogP contribution in [0.15, 0.2) is 24.3 Å². The highest BCUT2D eigenvalue weighted by Gasteiger charge is 2.30. The zero-order valence-electron chi connectivity index (χ0n) is 9.69. The van der Waals surface area contributed by atoms with E-state index in [1.165, 1.54) is 18.4 Å². The van der Waals surface area contributed by atoms with Crippen molar-refractivity contribution in [1.29, 1.82) is 0 Å². The van der Waals surface area contributed by atoms with Crippen LogP contribution in [0.5, 0.6) is 0 Å². The predicted molar refractivity (Wildman–Crippen MR) is 64.8 cm³/mol. The van der Waals surface area contributed by atoms with Gasteiger partial charge in [0.1, 0.15) is 5.82 Å². The van der Waals surface area contributed by atoms with Crippen LogP contribution in [-0.2, 0) is 10.0 Å². The number of rotatable bonds is 3. The molecule has 2 atom stereocenters. The summed E-state index contributed by atoms with van der Waals surface area (Å²) >= 11 is 0. The molecule has 5 heteroatoms. The third kappa shape index (κ3) is 3.26. The molecule has 1 aliphatic carbocycles. The molecule has 0 heterocycles. The molecular formula is C12H16FNO2S. The van der Waals surface area contributed by atoms with Gasteiger partial charge in [-0.1, -0.05) is 18.6 Å². The van der Waals surface area contributed by atoms with Gasteiger partial charge in [0.25, 0.3) is 0 Å². The monoisotopic (exact) mass is 257 g/mol. The average Bonchev–Trinajstić information content (AvgIpc) is 2.64. The van der Waals surface area contributed by atoms with Gasteiger partial charge in [-0.3, -0.25) is 0 Å². The van der Waals surface area contributed by atoms with Gasteiger partial charge in [0.05, 0.1) is 6.26 Å². The molecule has 1 fully saturated rings. The maximum Gasteiger partial charge on any atom is 0.208 e. The maximum atomic E-state index is 12.8. The lowest BCUT2D eigenvalue weighted by atomic mass is 9.95. The minimum Gasteiger partial charge on any atom is -0.213 e. The second-order valence-corrected chi connectivity index (χ2v) is 6.37. The molecule has 1 aliphatic rings. The van der Waals surface area contributed by atoms with Crippen molar-refractivity contribution in [2.75, 3.05) is 6.26 Å². The van der Waals surface area contributed by atoms with Crippen LogP contribution in [-0.4, -0.2) is 20.7 Å². The molecular weight excluding hydrogens is 241 g/mol. The van der Waals surface area contributed by atoms with Crippen molar-refractivity contribution in [2.45, 2.75) is 31.2 Å². The summed E-state index contributed by atoms with van der Waals surface area (Å²) in [5.74, 6) is -0.107. The zero-order chi connectivity index (χ0) is 12.5. The molecule has 17 heavy (non-hydrogen) atoms. The highest BCUT2D eigenvalue weighted by molar-refractivity contribution is 7.88. The molecule has 0 saturated heterocycles. The molecule has 1 N–H and O–H groups in total. The molecule has 0 aromatic heterocycles. The van der Waals surface area contributed by atoms with Crippen LogP contribution in [0.3, 0.4) is 0 Å². The maximum absolute atomic E-state index is 12.8. The number of hydrogen-bond acceptors (Lipinski definition) is 2. The summed E-state index contributed by atoms with van der Waals surface area (Å²) in [6.07, 6.45) is 3.95. The summed E-state index contributed by atoms with van der Waals surface area (Å²) in [4.78, 5) is 0. The van der Waals surface area contributed by atoms with E-state index in [-0.39, 0.29) is 17.8 Å². The minimum absolute atomic E-state index is 0.0598. The predicted octanol–water partition coefficient (Wildman–Crippen LogP) is 2.01. The van der Waals surface area contributed by atoms with E-state index in [1.54, 1.807) is 12.1 Å². The summed E-state index contributed by atoms with van der Waals surface area (Å²) in [6.45, 7) is 0. The van der Waals surface area contributed by atoms with Gasteiger partial charge in [0.15, 0.2) is 0 Å². The molecule has 0 amide bonds. The Hall–Kier alpha value is -0.940. The fourth-order valence-corrected chi connectivity index (χ4v) is 3.32. The van der Waals surface area contributed by atoms with E-state index >= 15 is 0 Å². The van der Waals surface area contributed by atoms with Crippen LogP contribution in [0.4, 0.5) is 4.39 Å². The van der Waals surface area contributed by atoms with E-state index in [0.717, 1.165) is 24.8 Å². The lowest BCUT2D eigenvalue weighted by Crippen LogP contribution is -2.35. The summed E-state index contributed by atoms with van der Waals surface area (Å²) in [7, 11) is -3.18. The Morgan fingerprint density at radius 3 is 2.47 bits per heavy atom. The number of nitrogens with one attached hydrogen (secondary N) is 1. The number of halogens is 1. The molecule has 1 aromatic carbocycles. The van der Waals surface area contributed by atoms with E-state index in [2.05, 4.69) is 4.72 Å².